The van der Waals surface area contributed by atoms with E-state index in [0.717, 1.165) is 10.5 Å². The third-order valence-electron chi connectivity index (χ3n) is 5.20. The van der Waals surface area contributed by atoms with Crippen LogP contribution in [-0.2, 0) is 4.74 Å². The van der Waals surface area contributed by atoms with E-state index in [1.807, 2.05) is 6.92 Å². The molecule has 0 fully saturated rings. The van der Waals surface area contributed by atoms with Gasteiger partial charge in [0, 0.05) is 10.0 Å². The predicted molar refractivity (Wildman–Crippen MR) is 122 cm³/mol. The Morgan fingerprint density at radius 3 is 2.28 bits per heavy atom. The van der Waals surface area contributed by atoms with Gasteiger partial charge in [-0.2, -0.15) is 0 Å². The summed E-state index contributed by atoms with van der Waals surface area (Å²) in [7, 11) is 0. The summed E-state index contributed by atoms with van der Waals surface area (Å²) in [6.07, 6.45) is -1.05. The second-order valence-electron chi connectivity index (χ2n) is 7.43. The van der Waals surface area contributed by atoms with Gasteiger partial charge in [0.25, 0.3) is 11.8 Å². The number of carbonyl (C=O) groups is 4. The summed E-state index contributed by atoms with van der Waals surface area (Å²) in [5.41, 5.74) is 2.06. The van der Waals surface area contributed by atoms with Gasteiger partial charge in [-0.1, -0.05) is 57.9 Å². The molecule has 1 atom stereocenters. The Labute approximate surface area is 192 Å². The van der Waals surface area contributed by atoms with Crippen LogP contribution in [0.3, 0.4) is 0 Å². The van der Waals surface area contributed by atoms with Gasteiger partial charge >= 0.3 is 5.97 Å². The first-order chi connectivity index (χ1) is 15.3. The van der Waals surface area contributed by atoms with E-state index in [-0.39, 0.29) is 28.2 Å². The number of aryl methyl sites for hydroxylation is 1. The highest BCUT2D eigenvalue weighted by Crippen LogP contribution is 2.32. The van der Waals surface area contributed by atoms with Crippen LogP contribution in [0.1, 0.15) is 53.9 Å². The SMILES string of the molecule is Cc1ccc(C(=O)[C@@H](C)OC(=O)c2ccccc2N2C(=O)c3ccc(Br)cc3C2=O)cc1. The van der Waals surface area contributed by atoms with Crippen LogP contribution in [0.4, 0.5) is 5.69 Å². The molecule has 0 saturated heterocycles. The van der Waals surface area contributed by atoms with Crippen molar-refractivity contribution in [3.8, 4) is 0 Å². The van der Waals surface area contributed by atoms with Crippen molar-refractivity contribution in [3.05, 3.63) is 99.0 Å². The molecule has 4 rings (SSSR count). The second-order valence-corrected chi connectivity index (χ2v) is 8.35. The Morgan fingerprint density at radius 2 is 1.56 bits per heavy atom. The molecule has 0 spiro atoms. The lowest BCUT2D eigenvalue weighted by Gasteiger charge is -2.19. The number of benzene rings is 3. The van der Waals surface area contributed by atoms with Gasteiger partial charge in [-0.25, -0.2) is 9.69 Å². The van der Waals surface area contributed by atoms with Crippen LogP contribution in [0.5, 0.6) is 0 Å². The number of hydrogen-bond acceptors (Lipinski definition) is 5. The molecule has 160 valence electrons. The van der Waals surface area contributed by atoms with Gasteiger partial charge in [0.1, 0.15) is 0 Å². The van der Waals surface area contributed by atoms with Gasteiger partial charge in [-0.05, 0) is 44.2 Å². The molecular weight excluding hydrogens is 474 g/mol. The summed E-state index contributed by atoms with van der Waals surface area (Å²) < 4.78 is 6.07. The van der Waals surface area contributed by atoms with E-state index < -0.39 is 23.9 Å². The molecule has 0 unspecified atom stereocenters. The number of rotatable bonds is 5. The maximum atomic E-state index is 13.0. The highest BCUT2D eigenvalue weighted by Gasteiger charge is 2.38. The number of amides is 2. The van der Waals surface area contributed by atoms with Crippen molar-refractivity contribution >= 4 is 45.2 Å². The molecule has 0 bridgehead atoms. The largest absolute Gasteiger partial charge is 0.451 e. The van der Waals surface area contributed by atoms with Crippen molar-refractivity contribution in [2.24, 2.45) is 0 Å². The number of ether oxygens (including phenoxy) is 1. The summed E-state index contributed by atoms with van der Waals surface area (Å²) in [5, 5.41) is 0. The lowest BCUT2D eigenvalue weighted by Crippen LogP contribution is -2.32. The minimum atomic E-state index is -1.05. The van der Waals surface area contributed by atoms with E-state index in [2.05, 4.69) is 15.9 Å². The molecule has 2 amide bonds. The maximum Gasteiger partial charge on any atom is 0.340 e. The molecule has 1 aliphatic heterocycles. The molecule has 0 aromatic heterocycles. The smallest absolute Gasteiger partial charge is 0.340 e. The second kappa shape index (κ2) is 8.51. The van der Waals surface area contributed by atoms with Gasteiger partial charge in [0.05, 0.1) is 22.4 Å². The van der Waals surface area contributed by atoms with E-state index in [1.165, 1.54) is 19.1 Å². The zero-order valence-electron chi connectivity index (χ0n) is 17.3. The fraction of sp³-hybridized carbons (Fsp3) is 0.120. The van der Waals surface area contributed by atoms with Gasteiger partial charge in [0.2, 0.25) is 5.78 Å². The molecule has 0 aliphatic carbocycles. The van der Waals surface area contributed by atoms with Gasteiger partial charge < -0.3 is 4.74 Å². The standard InChI is InChI=1S/C25H18BrNO5/c1-14-7-9-16(10-8-14)22(28)15(2)32-25(31)19-5-3-4-6-21(19)27-23(29)18-12-11-17(26)13-20(18)24(27)30/h3-13,15H,1-2H3/t15-/m1/s1. The van der Waals surface area contributed by atoms with E-state index in [1.54, 1.807) is 54.6 Å². The van der Waals surface area contributed by atoms with Crippen LogP contribution < -0.4 is 4.90 Å². The van der Waals surface area contributed by atoms with E-state index in [9.17, 15) is 19.2 Å². The van der Waals surface area contributed by atoms with Crippen LogP contribution in [-0.4, -0.2) is 29.7 Å². The van der Waals surface area contributed by atoms with E-state index in [4.69, 9.17) is 4.74 Å². The fourth-order valence-electron chi connectivity index (χ4n) is 3.50. The molecular formula is C25H18BrNO5. The lowest BCUT2D eigenvalue weighted by atomic mass is 10.1. The number of fused-ring (bicyclic) bond motifs is 1. The van der Waals surface area contributed by atoms with Crippen molar-refractivity contribution in [2.75, 3.05) is 4.90 Å². The third kappa shape index (κ3) is 3.87. The Balaban J connectivity index is 1.61. The Kier molecular flexibility index (Phi) is 5.76. The number of esters is 1. The Morgan fingerprint density at radius 1 is 0.906 bits per heavy atom. The highest BCUT2D eigenvalue weighted by molar-refractivity contribution is 9.10. The minimum absolute atomic E-state index is 0.0182. The molecule has 3 aromatic rings. The average molecular weight is 492 g/mol. The summed E-state index contributed by atoms with van der Waals surface area (Å²) in [6.45, 7) is 3.40. The van der Waals surface area contributed by atoms with Crippen LogP contribution in [0.2, 0.25) is 0 Å². The number of nitrogens with zero attached hydrogens (tertiary/aromatic N) is 1. The summed E-state index contributed by atoms with van der Waals surface area (Å²) in [6, 6.07) is 17.9. The molecule has 0 radical (unpaired) electrons. The molecule has 0 N–H and O–H groups in total. The summed E-state index contributed by atoms with van der Waals surface area (Å²) in [4.78, 5) is 52.4. The first-order valence-corrected chi connectivity index (χ1v) is 10.7. The quantitative estimate of drug-likeness (QED) is 0.285. The van der Waals surface area contributed by atoms with Gasteiger partial charge in [-0.3, -0.25) is 14.4 Å². The average Bonchev–Trinajstić information content (AvgIpc) is 3.03. The van der Waals surface area contributed by atoms with E-state index in [0.29, 0.717) is 10.0 Å². The number of ketones is 1. The van der Waals surface area contributed by atoms with Crippen molar-refractivity contribution in [1.82, 2.24) is 0 Å². The van der Waals surface area contributed by atoms with Gasteiger partial charge in [-0.15, -0.1) is 0 Å². The molecule has 7 heteroatoms. The van der Waals surface area contributed by atoms with Crippen LogP contribution in [0, 0.1) is 6.92 Å². The monoisotopic (exact) mass is 491 g/mol. The zero-order valence-corrected chi connectivity index (χ0v) is 18.9. The number of halogens is 1. The first kappa shape index (κ1) is 21.6. The Bertz CT molecular complexity index is 1270. The fourth-order valence-corrected chi connectivity index (χ4v) is 3.86. The number of Topliss-reactive ketones (excluding diaryl/α,β-unsaturated/α-hetero) is 1. The van der Waals surface area contributed by atoms with Crippen LogP contribution in [0.25, 0.3) is 0 Å². The summed E-state index contributed by atoms with van der Waals surface area (Å²) >= 11 is 3.30. The van der Waals surface area contributed by atoms with Crippen LogP contribution in [0.15, 0.2) is 71.2 Å². The molecule has 1 heterocycles. The normalized spacial score (nSPS) is 13.7. The number of para-hydroxylation sites is 1. The molecule has 1 aliphatic rings. The first-order valence-electron chi connectivity index (χ1n) is 9.87. The summed E-state index contributed by atoms with van der Waals surface area (Å²) in [5.74, 6) is -2.20. The molecule has 0 saturated carbocycles. The molecule has 32 heavy (non-hydrogen) atoms. The van der Waals surface area contributed by atoms with Crippen molar-refractivity contribution in [2.45, 2.75) is 20.0 Å². The highest BCUT2D eigenvalue weighted by atomic mass is 79.9. The van der Waals surface area contributed by atoms with Crippen molar-refractivity contribution in [1.29, 1.82) is 0 Å². The topological polar surface area (TPSA) is 80.8 Å². The zero-order chi connectivity index (χ0) is 23.0. The number of imide groups is 1. The van der Waals surface area contributed by atoms with Crippen molar-refractivity contribution in [3.63, 3.8) is 0 Å². The number of hydrogen-bond donors (Lipinski definition) is 0. The molecule has 3 aromatic carbocycles. The maximum absolute atomic E-state index is 13.0. The third-order valence-corrected chi connectivity index (χ3v) is 5.70. The minimum Gasteiger partial charge on any atom is -0.451 e. The van der Waals surface area contributed by atoms with Gasteiger partial charge in [0.15, 0.2) is 6.10 Å². The van der Waals surface area contributed by atoms with Crippen molar-refractivity contribution < 1.29 is 23.9 Å². The Hall–Kier alpha value is -3.58. The number of carbonyl (C=O) groups excluding carboxylic acids is 4. The number of anilines is 1. The van der Waals surface area contributed by atoms with Crippen LogP contribution >= 0.6 is 15.9 Å². The predicted octanol–water partition coefficient (Wildman–Crippen LogP) is 4.99. The molecule has 6 nitrogen and oxygen atoms in total. The lowest BCUT2D eigenvalue weighted by molar-refractivity contribution is 0.0319. The van der Waals surface area contributed by atoms with E-state index >= 15 is 0 Å².